The number of unbranched alkanes of at least 4 members (excludes halogenated alkanes) is 1. The number of anilines is 1. The topological polar surface area (TPSA) is 86.8 Å². The molecule has 4 rings (SSSR count). The maximum absolute atomic E-state index is 14.5. The van der Waals surface area contributed by atoms with E-state index in [9.17, 15) is 18.0 Å². The van der Waals surface area contributed by atoms with Crippen LogP contribution in [0.4, 0.5) is 5.69 Å². The van der Waals surface area contributed by atoms with E-state index in [0.29, 0.717) is 22.8 Å². The number of sulfonamides is 1. The summed E-state index contributed by atoms with van der Waals surface area (Å²) in [6.45, 7) is 5.84. The van der Waals surface area contributed by atoms with E-state index in [4.69, 9.17) is 11.6 Å². The van der Waals surface area contributed by atoms with Crippen molar-refractivity contribution in [1.29, 1.82) is 0 Å². The number of benzene rings is 4. The monoisotopic (exact) mass is 645 g/mol. The molecule has 0 radical (unpaired) electrons. The molecule has 7 nitrogen and oxygen atoms in total. The number of rotatable bonds is 14. The van der Waals surface area contributed by atoms with Crippen molar-refractivity contribution in [2.75, 3.05) is 17.4 Å². The third-order valence-electron chi connectivity index (χ3n) is 7.79. The Balaban J connectivity index is 1.81. The molecule has 0 spiro atoms. The first-order valence-electron chi connectivity index (χ1n) is 15.1. The number of carbonyl (C=O) groups excluding carboxylic acids is 2. The van der Waals surface area contributed by atoms with E-state index >= 15 is 0 Å². The zero-order valence-corrected chi connectivity index (χ0v) is 27.5. The molecule has 0 aliphatic rings. The van der Waals surface area contributed by atoms with Gasteiger partial charge in [0.1, 0.15) is 12.6 Å². The number of nitrogens with zero attached hydrogens (tertiary/aromatic N) is 2. The number of hydrogen-bond acceptors (Lipinski definition) is 4. The number of halogens is 1. The Labute approximate surface area is 271 Å². The van der Waals surface area contributed by atoms with E-state index in [2.05, 4.69) is 5.32 Å². The third kappa shape index (κ3) is 8.74. The second-order valence-corrected chi connectivity index (χ2v) is 13.3. The third-order valence-corrected chi connectivity index (χ3v) is 9.94. The SMILES string of the molecule is CCCCNC(=O)[C@H](Cc1ccccc1)N(Cc1ccccc1Cl)C(=O)CN(c1ccc(C)c(C)c1)S(=O)(=O)c1ccccc1. The van der Waals surface area contributed by atoms with Crippen LogP contribution in [0.1, 0.15) is 42.0 Å². The Morgan fingerprint density at radius 3 is 2.13 bits per heavy atom. The van der Waals surface area contributed by atoms with Gasteiger partial charge in [-0.1, -0.05) is 97.7 Å². The summed E-state index contributed by atoms with van der Waals surface area (Å²) in [5, 5.41) is 3.44. The van der Waals surface area contributed by atoms with Gasteiger partial charge in [0.15, 0.2) is 0 Å². The first-order valence-corrected chi connectivity index (χ1v) is 16.9. The standard InChI is InChI=1S/C36H40ClN3O4S/c1-4-5-22-38-36(42)34(24-29-14-8-6-9-15-29)39(25-30-16-12-13-19-33(30)37)35(41)26-40(31-21-20-27(2)28(3)23-31)45(43,44)32-17-10-7-11-18-32/h6-21,23,34H,4-5,22,24-26H2,1-3H3,(H,38,42)/t34-/m0/s1. The lowest BCUT2D eigenvalue weighted by atomic mass is 10.0. The van der Waals surface area contributed by atoms with Gasteiger partial charge < -0.3 is 10.2 Å². The maximum atomic E-state index is 14.5. The first kappa shape index (κ1) is 33.7. The molecule has 0 aliphatic heterocycles. The van der Waals surface area contributed by atoms with Crippen molar-refractivity contribution >= 4 is 39.1 Å². The number of amides is 2. The molecule has 1 N–H and O–H groups in total. The summed E-state index contributed by atoms with van der Waals surface area (Å²) >= 11 is 6.56. The van der Waals surface area contributed by atoms with Gasteiger partial charge >= 0.3 is 0 Å². The zero-order valence-electron chi connectivity index (χ0n) is 25.9. The number of carbonyl (C=O) groups is 2. The Hall–Kier alpha value is -4.14. The van der Waals surface area contributed by atoms with Crippen molar-refractivity contribution in [2.45, 2.75) is 57.5 Å². The Bertz CT molecular complexity index is 1700. The fourth-order valence-electron chi connectivity index (χ4n) is 5.00. The highest BCUT2D eigenvalue weighted by Gasteiger charge is 2.35. The van der Waals surface area contributed by atoms with Crippen LogP contribution in [0, 0.1) is 13.8 Å². The molecule has 0 aliphatic carbocycles. The Kier molecular flexibility index (Phi) is 11.8. The van der Waals surface area contributed by atoms with Crippen molar-refractivity contribution in [3.63, 3.8) is 0 Å². The zero-order chi connectivity index (χ0) is 32.4. The molecular formula is C36H40ClN3O4S. The molecule has 1 atom stereocenters. The molecule has 9 heteroatoms. The summed E-state index contributed by atoms with van der Waals surface area (Å²) in [5.74, 6) is -0.837. The van der Waals surface area contributed by atoms with E-state index in [-0.39, 0.29) is 23.8 Å². The molecule has 45 heavy (non-hydrogen) atoms. The van der Waals surface area contributed by atoms with Gasteiger partial charge in [0, 0.05) is 24.5 Å². The fraction of sp³-hybridized carbons (Fsp3) is 0.278. The van der Waals surface area contributed by atoms with E-state index in [1.54, 1.807) is 48.5 Å². The van der Waals surface area contributed by atoms with Crippen molar-refractivity contribution in [3.05, 3.63) is 130 Å². The summed E-state index contributed by atoms with van der Waals surface area (Å²) in [6.07, 6.45) is 1.93. The van der Waals surface area contributed by atoms with Gasteiger partial charge in [-0.15, -0.1) is 0 Å². The Morgan fingerprint density at radius 1 is 0.844 bits per heavy atom. The van der Waals surface area contributed by atoms with E-state index in [0.717, 1.165) is 33.8 Å². The molecule has 0 aromatic heterocycles. The second kappa shape index (κ2) is 15.7. The van der Waals surface area contributed by atoms with Crippen LogP contribution in [-0.4, -0.2) is 44.3 Å². The van der Waals surface area contributed by atoms with Crippen LogP contribution < -0.4 is 9.62 Å². The summed E-state index contributed by atoms with van der Waals surface area (Å²) in [7, 11) is -4.16. The van der Waals surface area contributed by atoms with E-state index in [1.165, 1.54) is 17.0 Å². The van der Waals surface area contributed by atoms with Gasteiger partial charge in [-0.3, -0.25) is 13.9 Å². The van der Waals surface area contributed by atoms with Crippen LogP contribution in [0.5, 0.6) is 0 Å². The maximum Gasteiger partial charge on any atom is 0.264 e. The molecule has 4 aromatic rings. The molecule has 0 bridgehead atoms. The number of nitrogens with one attached hydrogen (secondary N) is 1. The molecule has 0 heterocycles. The van der Waals surface area contributed by atoms with Gasteiger partial charge in [-0.05, 0) is 72.9 Å². The first-order chi connectivity index (χ1) is 21.6. The largest absolute Gasteiger partial charge is 0.354 e. The number of hydrogen-bond donors (Lipinski definition) is 1. The molecule has 4 aromatic carbocycles. The average molecular weight is 646 g/mol. The van der Waals surface area contributed by atoms with Crippen LogP contribution in [0.2, 0.25) is 5.02 Å². The van der Waals surface area contributed by atoms with Crippen molar-refractivity contribution in [3.8, 4) is 0 Å². The lowest BCUT2D eigenvalue weighted by molar-refractivity contribution is -0.140. The van der Waals surface area contributed by atoms with Crippen LogP contribution >= 0.6 is 11.6 Å². The van der Waals surface area contributed by atoms with Gasteiger partial charge in [0.05, 0.1) is 10.6 Å². The normalized spacial score (nSPS) is 11.9. The van der Waals surface area contributed by atoms with Gasteiger partial charge in [-0.25, -0.2) is 8.42 Å². The molecular weight excluding hydrogens is 606 g/mol. The molecule has 0 unspecified atom stereocenters. The highest BCUT2D eigenvalue weighted by atomic mass is 35.5. The highest BCUT2D eigenvalue weighted by Crippen LogP contribution is 2.27. The highest BCUT2D eigenvalue weighted by molar-refractivity contribution is 7.92. The Morgan fingerprint density at radius 2 is 1.49 bits per heavy atom. The summed E-state index contributed by atoms with van der Waals surface area (Å²) in [6, 6.07) is 29.1. The van der Waals surface area contributed by atoms with Crippen LogP contribution in [0.25, 0.3) is 0 Å². The molecule has 0 fully saturated rings. The average Bonchev–Trinajstić information content (AvgIpc) is 3.04. The van der Waals surface area contributed by atoms with Gasteiger partial charge in [0.2, 0.25) is 11.8 Å². The molecule has 236 valence electrons. The van der Waals surface area contributed by atoms with Gasteiger partial charge in [-0.2, -0.15) is 0 Å². The van der Waals surface area contributed by atoms with Crippen molar-refractivity contribution in [1.82, 2.24) is 10.2 Å². The lowest BCUT2D eigenvalue weighted by Gasteiger charge is -2.34. The van der Waals surface area contributed by atoms with E-state index in [1.807, 2.05) is 63.2 Å². The van der Waals surface area contributed by atoms with Crippen LogP contribution in [0.3, 0.4) is 0 Å². The smallest absolute Gasteiger partial charge is 0.264 e. The van der Waals surface area contributed by atoms with Crippen molar-refractivity contribution in [2.24, 2.45) is 0 Å². The predicted molar refractivity (Wildman–Crippen MR) is 181 cm³/mol. The van der Waals surface area contributed by atoms with Gasteiger partial charge in [0.25, 0.3) is 10.0 Å². The predicted octanol–water partition coefficient (Wildman–Crippen LogP) is 6.71. The molecule has 2 amide bonds. The van der Waals surface area contributed by atoms with Crippen LogP contribution in [0.15, 0.2) is 108 Å². The quantitative estimate of drug-likeness (QED) is 0.155. The molecule has 0 saturated carbocycles. The summed E-state index contributed by atoms with van der Waals surface area (Å²) in [5.41, 5.74) is 3.76. The minimum absolute atomic E-state index is 0.0172. The fourth-order valence-corrected chi connectivity index (χ4v) is 6.62. The van der Waals surface area contributed by atoms with Crippen LogP contribution in [-0.2, 0) is 32.6 Å². The lowest BCUT2D eigenvalue weighted by Crippen LogP contribution is -2.53. The summed E-state index contributed by atoms with van der Waals surface area (Å²) in [4.78, 5) is 29.9. The summed E-state index contributed by atoms with van der Waals surface area (Å²) < 4.78 is 29.4. The van der Waals surface area contributed by atoms with E-state index < -0.39 is 28.5 Å². The minimum Gasteiger partial charge on any atom is -0.354 e. The number of aryl methyl sites for hydroxylation is 2. The second-order valence-electron chi connectivity index (χ2n) is 11.1. The molecule has 0 saturated heterocycles. The van der Waals surface area contributed by atoms with Crippen molar-refractivity contribution < 1.29 is 18.0 Å². The minimum atomic E-state index is -4.16.